The first kappa shape index (κ1) is 21.3. The van der Waals surface area contributed by atoms with Gasteiger partial charge in [-0.05, 0) is 41.5 Å². The highest BCUT2D eigenvalue weighted by Crippen LogP contribution is 2.27. The fraction of sp³-hybridized carbons (Fsp3) is 0.0952. The van der Waals surface area contributed by atoms with E-state index in [1.807, 2.05) is 54.6 Å². The third kappa shape index (κ3) is 5.02. The van der Waals surface area contributed by atoms with Crippen molar-refractivity contribution in [2.45, 2.75) is 0 Å². The van der Waals surface area contributed by atoms with E-state index < -0.39 is 0 Å². The molecule has 0 heterocycles. The number of halogens is 3. The van der Waals surface area contributed by atoms with E-state index in [2.05, 4.69) is 0 Å². The molecular formula is C21H19Cl3N2O. The second-order valence-corrected chi connectivity index (χ2v) is 6.63. The molecule has 140 valence electrons. The molecule has 0 saturated heterocycles. The van der Waals surface area contributed by atoms with Gasteiger partial charge in [-0.3, -0.25) is 4.79 Å². The molecule has 0 aliphatic heterocycles. The van der Waals surface area contributed by atoms with Crippen LogP contribution in [0.5, 0.6) is 0 Å². The number of hydrogen-bond acceptors (Lipinski definition) is 2. The van der Waals surface area contributed by atoms with Crippen molar-refractivity contribution in [3.8, 4) is 11.1 Å². The number of benzene rings is 3. The molecule has 27 heavy (non-hydrogen) atoms. The van der Waals surface area contributed by atoms with Crippen LogP contribution in [0.2, 0.25) is 10.0 Å². The molecule has 3 rings (SSSR count). The number of carbonyl (C=O) groups excluding carboxylic acids is 1. The largest absolute Gasteiger partial charge is 0.329 e. The molecule has 0 atom stereocenters. The summed E-state index contributed by atoms with van der Waals surface area (Å²) in [5.74, 6) is -0.204. The van der Waals surface area contributed by atoms with E-state index >= 15 is 0 Å². The molecule has 3 aromatic carbocycles. The number of anilines is 1. The lowest BCUT2D eigenvalue weighted by Gasteiger charge is -2.23. The maximum absolute atomic E-state index is 13.0. The molecule has 0 fully saturated rings. The van der Waals surface area contributed by atoms with Crippen molar-refractivity contribution in [3.63, 3.8) is 0 Å². The fourth-order valence-corrected chi connectivity index (χ4v) is 3.24. The predicted molar refractivity (Wildman–Crippen MR) is 116 cm³/mol. The van der Waals surface area contributed by atoms with E-state index in [-0.39, 0.29) is 18.3 Å². The van der Waals surface area contributed by atoms with Gasteiger partial charge in [-0.25, -0.2) is 0 Å². The van der Waals surface area contributed by atoms with Crippen molar-refractivity contribution in [3.05, 3.63) is 88.4 Å². The van der Waals surface area contributed by atoms with Gasteiger partial charge in [0.05, 0.1) is 10.6 Å². The zero-order valence-electron chi connectivity index (χ0n) is 14.4. The number of nitrogens with two attached hydrogens (primary N) is 1. The molecule has 0 saturated carbocycles. The van der Waals surface area contributed by atoms with E-state index in [1.165, 1.54) is 0 Å². The third-order valence-electron chi connectivity index (χ3n) is 4.05. The Labute approximate surface area is 175 Å². The van der Waals surface area contributed by atoms with Crippen molar-refractivity contribution in [2.24, 2.45) is 5.73 Å². The molecule has 0 spiro atoms. The number of rotatable bonds is 5. The van der Waals surface area contributed by atoms with Crippen LogP contribution in [-0.4, -0.2) is 19.0 Å². The van der Waals surface area contributed by atoms with Gasteiger partial charge in [0.25, 0.3) is 5.91 Å². The van der Waals surface area contributed by atoms with Crippen molar-refractivity contribution in [1.82, 2.24) is 0 Å². The van der Waals surface area contributed by atoms with Crippen LogP contribution in [0.15, 0.2) is 72.8 Å². The molecule has 1 amide bonds. The second-order valence-electron chi connectivity index (χ2n) is 5.78. The smallest absolute Gasteiger partial charge is 0.259 e. The van der Waals surface area contributed by atoms with Crippen LogP contribution < -0.4 is 10.6 Å². The van der Waals surface area contributed by atoms with Crippen LogP contribution in [0, 0.1) is 0 Å². The topological polar surface area (TPSA) is 46.3 Å². The van der Waals surface area contributed by atoms with E-state index in [0.29, 0.717) is 28.7 Å². The monoisotopic (exact) mass is 420 g/mol. The van der Waals surface area contributed by atoms with Gasteiger partial charge in [0.15, 0.2) is 0 Å². The Morgan fingerprint density at radius 1 is 0.889 bits per heavy atom. The number of hydrogen-bond donors (Lipinski definition) is 1. The lowest BCUT2D eigenvalue weighted by molar-refractivity contribution is 0.0988. The van der Waals surface area contributed by atoms with Crippen LogP contribution in [-0.2, 0) is 0 Å². The molecule has 6 heteroatoms. The van der Waals surface area contributed by atoms with Crippen molar-refractivity contribution < 1.29 is 4.79 Å². The zero-order chi connectivity index (χ0) is 18.5. The average molecular weight is 422 g/mol. The summed E-state index contributed by atoms with van der Waals surface area (Å²) in [6, 6.07) is 22.7. The summed E-state index contributed by atoms with van der Waals surface area (Å²) in [7, 11) is 0. The Morgan fingerprint density at radius 2 is 1.52 bits per heavy atom. The molecule has 3 aromatic rings. The van der Waals surface area contributed by atoms with Crippen molar-refractivity contribution in [2.75, 3.05) is 18.0 Å². The molecule has 0 unspecified atom stereocenters. The van der Waals surface area contributed by atoms with Crippen LogP contribution in [0.3, 0.4) is 0 Å². The third-order valence-corrected chi connectivity index (χ3v) is 4.59. The summed E-state index contributed by atoms with van der Waals surface area (Å²) >= 11 is 12.1. The van der Waals surface area contributed by atoms with Gasteiger partial charge in [-0.1, -0.05) is 65.7 Å². The summed E-state index contributed by atoms with van der Waals surface area (Å²) in [4.78, 5) is 14.6. The molecule has 0 radical (unpaired) electrons. The standard InChI is InChI=1S/C21H18Cl2N2O.ClH/c22-17-8-11-19(20(23)14-17)21(26)25(13-12-24)18-9-6-16(7-10-18)15-4-2-1-3-5-15;/h1-11,14H,12-13,24H2;1H. The zero-order valence-corrected chi connectivity index (χ0v) is 16.8. The van der Waals surface area contributed by atoms with Crippen molar-refractivity contribution >= 4 is 47.2 Å². The van der Waals surface area contributed by atoms with Crippen molar-refractivity contribution in [1.29, 1.82) is 0 Å². The summed E-state index contributed by atoms with van der Waals surface area (Å²) < 4.78 is 0. The van der Waals surface area contributed by atoms with Gasteiger partial charge in [-0.15, -0.1) is 12.4 Å². The van der Waals surface area contributed by atoms with Gasteiger partial charge in [0, 0.05) is 23.8 Å². The highest BCUT2D eigenvalue weighted by Gasteiger charge is 2.19. The summed E-state index contributed by atoms with van der Waals surface area (Å²) in [5, 5.41) is 0.814. The lowest BCUT2D eigenvalue weighted by Crippen LogP contribution is -2.35. The van der Waals surface area contributed by atoms with Crippen LogP contribution in [0.25, 0.3) is 11.1 Å². The first-order chi connectivity index (χ1) is 12.6. The maximum atomic E-state index is 13.0. The maximum Gasteiger partial charge on any atom is 0.259 e. The SMILES string of the molecule is Cl.NCCN(C(=O)c1ccc(Cl)cc1Cl)c1ccc(-c2ccccc2)cc1. The number of nitrogens with zero attached hydrogens (tertiary/aromatic N) is 1. The Balaban J connectivity index is 0.00000261. The van der Waals surface area contributed by atoms with E-state index in [9.17, 15) is 4.79 Å². The summed E-state index contributed by atoms with van der Waals surface area (Å²) in [5.41, 5.74) is 9.09. The van der Waals surface area contributed by atoms with E-state index in [1.54, 1.807) is 23.1 Å². The van der Waals surface area contributed by atoms with Crippen LogP contribution in [0.4, 0.5) is 5.69 Å². The minimum Gasteiger partial charge on any atom is -0.329 e. The number of carbonyl (C=O) groups is 1. The highest BCUT2D eigenvalue weighted by atomic mass is 35.5. The van der Waals surface area contributed by atoms with Gasteiger partial charge in [-0.2, -0.15) is 0 Å². The minimum atomic E-state index is -0.204. The summed E-state index contributed by atoms with van der Waals surface area (Å²) in [6.45, 7) is 0.736. The molecule has 3 nitrogen and oxygen atoms in total. The fourth-order valence-electron chi connectivity index (χ4n) is 2.75. The first-order valence-corrected chi connectivity index (χ1v) is 8.98. The van der Waals surface area contributed by atoms with Gasteiger partial charge < -0.3 is 10.6 Å². The molecule has 0 bridgehead atoms. The molecule has 0 aromatic heterocycles. The molecule has 0 aliphatic carbocycles. The van der Waals surface area contributed by atoms with Gasteiger partial charge >= 0.3 is 0 Å². The first-order valence-electron chi connectivity index (χ1n) is 8.22. The van der Waals surface area contributed by atoms with Gasteiger partial charge in [0.2, 0.25) is 0 Å². The molecular weight excluding hydrogens is 403 g/mol. The second kappa shape index (κ2) is 9.77. The Hall–Kier alpha value is -2.04. The Morgan fingerprint density at radius 3 is 2.11 bits per heavy atom. The highest BCUT2D eigenvalue weighted by molar-refractivity contribution is 6.37. The molecule has 2 N–H and O–H groups in total. The number of amides is 1. The lowest BCUT2D eigenvalue weighted by atomic mass is 10.1. The predicted octanol–water partition coefficient (Wildman–Crippen LogP) is 5.69. The van der Waals surface area contributed by atoms with Gasteiger partial charge in [0.1, 0.15) is 0 Å². The average Bonchev–Trinajstić information content (AvgIpc) is 2.66. The Kier molecular flexibility index (Phi) is 7.69. The Bertz CT molecular complexity index is 899. The quantitative estimate of drug-likeness (QED) is 0.575. The minimum absolute atomic E-state index is 0. The van der Waals surface area contributed by atoms with Crippen LogP contribution in [0.1, 0.15) is 10.4 Å². The molecule has 0 aliphatic rings. The normalized spacial score (nSPS) is 10.2. The summed E-state index contributed by atoms with van der Waals surface area (Å²) in [6.07, 6.45) is 0. The van der Waals surface area contributed by atoms with E-state index in [0.717, 1.165) is 16.8 Å². The van der Waals surface area contributed by atoms with Crippen LogP contribution >= 0.6 is 35.6 Å². The van der Waals surface area contributed by atoms with E-state index in [4.69, 9.17) is 28.9 Å².